The molecule has 2 heterocycles. The van der Waals surface area contributed by atoms with Gasteiger partial charge in [-0.2, -0.15) is 0 Å². The van der Waals surface area contributed by atoms with E-state index in [4.69, 9.17) is 9.47 Å². The Kier molecular flexibility index (Phi) is 3.86. The maximum atomic E-state index is 12.3. The number of amides is 1. The molecule has 0 spiro atoms. The fraction of sp³-hybridized carbons (Fsp3) is 0.786. The highest BCUT2D eigenvalue weighted by Crippen LogP contribution is 2.31. The van der Waals surface area contributed by atoms with Crippen LogP contribution < -0.4 is 0 Å². The number of Topliss-reactive ketones (excluding diaryl/α,β-unsaturated/α-hetero) is 2. The van der Waals surface area contributed by atoms with E-state index < -0.39 is 23.7 Å². The normalized spacial score (nSPS) is 30.1. The van der Waals surface area contributed by atoms with Gasteiger partial charge in [-0.25, -0.2) is 4.79 Å². The molecule has 0 aromatic rings. The Balaban J connectivity index is 2.25. The molecule has 0 aliphatic carbocycles. The SMILES string of the molecule is CC(=O)C1C(=O)CC2COCC1N2C(=O)OC(C)(C)C. The highest BCUT2D eigenvalue weighted by atomic mass is 16.6. The maximum Gasteiger partial charge on any atom is 0.410 e. The van der Waals surface area contributed by atoms with Crippen molar-refractivity contribution in [3.05, 3.63) is 0 Å². The number of ether oxygens (including phenoxy) is 2. The van der Waals surface area contributed by atoms with E-state index >= 15 is 0 Å². The Labute approximate surface area is 118 Å². The molecule has 0 radical (unpaired) electrons. The first-order chi connectivity index (χ1) is 9.20. The molecule has 0 aromatic heterocycles. The summed E-state index contributed by atoms with van der Waals surface area (Å²) in [5, 5.41) is 0. The van der Waals surface area contributed by atoms with Crippen molar-refractivity contribution in [2.75, 3.05) is 13.2 Å². The number of carbonyl (C=O) groups excluding carboxylic acids is 3. The standard InChI is InChI=1S/C14H21NO5/c1-8(16)12-10-7-19-6-9(5-11(12)17)15(10)13(18)20-14(2,3)4/h9-10,12H,5-7H2,1-4H3. The van der Waals surface area contributed by atoms with Gasteiger partial charge in [0, 0.05) is 6.42 Å². The van der Waals surface area contributed by atoms with Crippen LogP contribution in [-0.2, 0) is 19.1 Å². The molecule has 2 fully saturated rings. The summed E-state index contributed by atoms with van der Waals surface area (Å²) in [5.41, 5.74) is -0.612. The van der Waals surface area contributed by atoms with Gasteiger partial charge in [-0.3, -0.25) is 14.5 Å². The minimum Gasteiger partial charge on any atom is -0.444 e. The second-order valence-corrected chi connectivity index (χ2v) is 6.40. The van der Waals surface area contributed by atoms with Crippen LogP contribution in [0.1, 0.15) is 34.1 Å². The third-order valence-electron chi connectivity index (χ3n) is 3.56. The van der Waals surface area contributed by atoms with Crippen LogP contribution in [0.15, 0.2) is 0 Å². The second kappa shape index (κ2) is 5.16. The van der Waals surface area contributed by atoms with Crippen LogP contribution in [0.25, 0.3) is 0 Å². The highest BCUT2D eigenvalue weighted by molar-refractivity contribution is 6.03. The minimum absolute atomic E-state index is 0.101. The van der Waals surface area contributed by atoms with Crippen molar-refractivity contribution in [2.24, 2.45) is 5.92 Å². The molecule has 20 heavy (non-hydrogen) atoms. The molecule has 6 heteroatoms. The Morgan fingerprint density at radius 1 is 1.30 bits per heavy atom. The molecule has 112 valence electrons. The Morgan fingerprint density at radius 2 is 1.95 bits per heavy atom. The number of piperidine rings is 1. The smallest absolute Gasteiger partial charge is 0.410 e. The highest BCUT2D eigenvalue weighted by Gasteiger charge is 2.50. The first kappa shape index (κ1) is 15.0. The molecule has 0 saturated carbocycles. The van der Waals surface area contributed by atoms with Crippen molar-refractivity contribution in [3.63, 3.8) is 0 Å². The second-order valence-electron chi connectivity index (χ2n) is 6.40. The van der Waals surface area contributed by atoms with E-state index in [1.54, 1.807) is 20.8 Å². The summed E-state index contributed by atoms with van der Waals surface area (Å²) in [6.07, 6.45) is -0.325. The number of morpholine rings is 1. The van der Waals surface area contributed by atoms with E-state index in [0.29, 0.717) is 6.61 Å². The van der Waals surface area contributed by atoms with E-state index in [2.05, 4.69) is 0 Å². The summed E-state index contributed by atoms with van der Waals surface area (Å²) in [7, 11) is 0. The predicted molar refractivity (Wildman–Crippen MR) is 70.3 cm³/mol. The molecule has 0 N–H and O–H groups in total. The van der Waals surface area contributed by atoms with Crippen molar-refractivity contribution in [3.8, 4) is 0 Å². The average Bonchev–Trinajstić information content (AvgIpc) is 2.24. The fourth-order valence-electron chi connectivity index (χ4n) is 2.84. The Hall–Kier alpha value is -1.43. The van der Waals surface area contributed by atoms with E-state index in [0.717, 1.165) is 0 Å². The van der Waals surface area contributed by atoms with Crippen LogP contribution >= 0.6 is 0 Å². The molecule has 2 rings (SSSR count). The zero-order valence-electron chi connectivity index (χ0n) is 12.3. The van der Waals surface area contributed by atoms with Crippen molar-refractivity contribution < 1.29 is 23.9 Å². The predicted octanol–water partition coefficient (Wildman–Crippen LogP) is 1.17. The quantitative estimate of drug-likeness (QED) is 0.675. The summed E-state index contributed by atoms with van der Waals surface area (Å²) in [6, 6.07) is -0.867. The van der Waals surface area contributed by atoms with Gasteiger partial charge < -0.3 is 9.47 Å². The Morgan fingerprint density at radius 3 is 2.50 bits per heavy atom. The van der Waals surface area contributed by atoms with Gasteiger partial charge in [0.15, 0.2) is 0 Å². The third-order valence-corrected chi connectivity index (χ3v) is 3.56. The van der Waals surface area contributed by atoms with E-state index in [1.807, 2.05) is 0 Å². The van der Waals surface area contributed by atoms with Gasteiger partial charge in [-0.05, 0) is 27.7 Å². The number of nitrogens with zero attached hydrogens (tertiary/aromatic N) is 1. The molecule has 3 atom stereocenters. The molecule has 2 saturated heterocycles. The molecular formula is C14H21NO5. The zero-order chi connectivity index (χ0) is 15.1. The summed E-state index contributed by atoms with van der Waals surface area (Å²) in [5.74, 6) is -1.12. The molecule has 2 aliphatic heterocycles. The number of rotatable bonds is 1. The third kappa shape index (κ3) is 2.85. The number of hydrogen-bond donors (Lipinski definition) is 0. The summed E-state index contributed by atoms with van der Waals surface area (Å²) in [4.78, 5) is 37.6. The van der Waals surface area contributed by atoms with Crippen molar-refractivity contribution in [1.82, 2.24) is 4.90 Å². The molecule has 2 bridgehead atoms. The number of fused-ring (bicyclic) bond motifs is 2. The molecule has 6 nitrogen and oxygen atoms in total. The van der Waals surface area contributed by atoms with Crippen LogP contribution in [0.3, 0.4) is 0 Å². The number of carbonyl (C=O) groups is 3. The molecule has 1 amide bonds. The van der Waals surface area contributed by atoms with Crippen LogP contribution in [0.2, 0.25) is 0 Å². The summed E-state index contributed by atoms with van der Waals surface area (Å²) < 4.78 is 10.8. The molecule has 2 aliphatic rings. The fourth-order valence-corrected chi connectivity index (χ4v) is 2.84. The van der Waals surface area contributed by atoms with Crippen LogP contribution in [0, 0.1) is 5.92 Å². The number of hydrogen-bond acceptors (Lipinski definition) is 5. The van der Waals surface area contributed by atoms with Crippen molar-refractivity contribution >= 4 is 17.7 Å². The van der Waals surface area contributed by atoms with Crippen molar-refractivity contribution in [2.45, 2.75) is 51.8 Å². The summed E-state index contributed by atoms with van der Waals surface area (Å²) >= 11 is 0. The Bertz CT molecular complexity index is 439. The average molecular weight is 283 g/mol. The lowest BCUT2D eigenvalue weighted by Crippen LogP contribution is -2.65. The zero-order valence-corrected chi connectivity index (χ0v) is 12.3. The van der Waals surface area contributed by atoms with Crippen LogP contribution in [-0.4, -0.2) is 53.5 Å². The monoisotopic (exact) mass is 283 g/mol. The maximum absolute atomic E-state index is 12.3. The first-order valence-corrected chi connectivity index (χ1v) is 6.83. The van der Waals surface area contributed by atoms with E-state index in [1.165, 1.54) is 11.8 Å². The van der Waals surface area contributed by atoms with Gasteiger partial charge in [-0.1, -0.05) is 0 Å². The van der Waals surface area contributed by atoms with Gasteiger partial charge >= 0.3 is 6.09 Å². The van der Waals surface area contributed by atoms with Gasteiger partial charge in [0.2, 0.25) is 0 Å². The summed E-state index contributed by atoms with van der Waals surface area (Å²) in [6.45, 7) is 7.25. The van der Waals surface area contributed by atoms with Crippen LogP contribution in [0.4, 0.5) is 4.79 Å². The van der Waals surface area contributed by atoms with E-state index in [-0.39, 0.29) is 30.6 Å². The van der Waals surface area contributed by atoms with Gasteiger partial charge in [0.25, 0.3) is 0 Å². The molecule has 3 unspecified atom stereocenters. The minimum atomic E-state index is -0.793. The van der Waals surface area contributed by atoms with Crippen molar-refractivity contribution in [1.29, 1.82) is 0 Å². The lowest BCUT2D eigenvalue weighted by molar-refractivity contribution is -0.150. The van der Waals surface area contributed by atoms with Crippen LogP contribution in [0.5, 0.6) is 0 Å². The molecule has 0 aromatic carbocycles. The molecular weight excluding hydrogens is 262 g/mol. The lowest BCUT2D eigenvalue weighted by Gasteiger charge is -2.47. The van der Waals surface area contributed by atoms with Gasteiger partial charge in [0.1, 0.15) is 17.2 Å². The largest absolute Gasteiger partial charge is 0.444 e. The first-order valence-electron chi connectivity index (χ1n) is 6.83. The van der Waals surface area contributed by atoms with E-state index in [9.17, 15) is 14.4 Å². The van der Waals surface area contributed by atoms with Gasteiger partial charge in [-0.15, -0.1) is 0 Å². The lowest BCUT2D eigenvalue weighted by atomic mass is 9.81. The topological polar surface area (TPSA) is 72.9 Å². The number of ketones is 2. The van der Waals surface area contributed by atoms with Gasteiger partial charge in [0.05, 0.1) is 31.2 Å².